The van der Waals surface area contributed by atoms with Crippen LogP contribution in [0, 0.1) is 0 Å². The molecule has 2 heterocycles. The molecule has 0 N–H and O–H groups in total. The van der Waals surface area contributed by atoms with Gasteiger partial charge in [0.1, 0.15) is 6.61 Å². The number of morpholine rings is 1. The van der Waals surface area contributed by atoms with Crippen molar-refractivity contribution in [3.8, 4) is 11.5 Å². The first kappa shape index (κ1) is 18.7. The maximum absolute atomic E-state index is 12.7. The summed E-state index contributed by atoms with van der Waals surface area (Å²) in [7, 11) is -3.68. The third kappa shape index (κ3) is 3.82. The first-order valence-corrected chi connectivity index (χ1v) is 10.2. The van der Waals surface area contributed by atoms with Crippen molar-refractivity contribution >= 4 is 16.0 Å². The van der Waals surface area contributed by atoms with E-state index in [9.17, 15) is 13.2 Å². The van der Waals surface area contributed by atoms with Crippen LogP contribution < -0.4 is 9.47 Å². The van der Waals surface area contributed by atoms with Crippen molar-refractivity contribution in [2.24, 2.45) is 0 Å². The van der Waals surface area contributed by atoms with Crippen LogP contribution in [0.3, 0.4) is 0 Å². The number of carbonyl (C=O) groups is 1. The van der Waals surface area contributed by atoms with Crippen molar-refractivity contribution in [1.82, 2.24) is 4.31 Å². The van der Waals surface area contributed by atoms with Gasteiger partial charge in [-0.1, -0.05) is 12.1 Å². The van der Waals surface area contributed by atoms with Crippen LogP contribution in [0.2, 0.25) is 0 Å². The fourth-order valence-electron chi connectivity index (χ4n) is 2.98. The van der Waals surface area contributed by atoms with E-state index in [1.54, 1.807) is 18.2 Å². The maximum Gasteiger partial charge on any atom is 0.338 e. The van der Waals surface area contributed by atoms with Crippen molar-refractivity contribution < 1.29 is 32.2 Å². The molecule has 0 radical (unpaired) electrons. The van der Waals surface area contributed by atoms with Crippen molar-refractivity contribution in [1.29, 1.82) is 0 Å². The Morgan fingerprint density at radius 2 is 1.82 bits per heavy atom. The van der Waals surface area contributed by atoms with E-state index in [0.717, 1.165) is 5.56 Å². The van der Waals surface area contributed by atoms with Crippen molar-refractivity contribution in [3.05, 3.63) is 53.6 Å². The quantitative estimate of drug-likeness (QED) is 0.701. The minimum absolute atomic E-state index is 0.0376. The Labute approximate surface area is 162 Å². The summed E-state index contributed by atoms with van der Waals surface area (Å²) in [5, 5.41) is 0. The zero-order chi connectivity index (χ0) is 19.6. The fourth-order valence-corrected chi connectivity index (χ4v) is 4.44. The molecule has 0 bridgehead atoms. The number of esters is 1. The zero-order valence-electron chi connectivity index (χ0n) is 15.0. The van der Waals surface area contributed by atoms with Crippen molar-refractivity contribution in [2.75, 3.05) is 33.1 Å². The van der Waals surface area contributed by atoms with Gasteiger partial charge in [0.05, 0.1) is 23.7 Å². The molecular formula is C19H19NO7S. The standard InChI is InChI=1S/C19H19NO7S/c21-19(25-12-14-4-5-17-18(10-14)27-13-26-17)15-2-1-3-16(11-15)28(22,23)20-6-8-24-9-7-20/h1-5,10-11H,6-9,12-13H2. The molecule has 2 aromatic rings. The molecule has 9 heteroatoms. The number of sulfonamides is 1. The van der Waals surface area contributed by atoms with Gasteiger partial charge in [-0.2, -0.15) is 4.31 Å². The van der Waals surface area contributed by atoms with Crippen LogP contribution in [0.25, 0.3) is 0 Å². The number of hydrogen-bond donors (Lipinski definition) is 0. The Morgan fingerprint density at radius 1 is 1.04 bits per heavy atom. The van der Waals surface area contributed by atoms with Crippen LogP contribution in [-0.2, 0) is 26.1 Å². The second kappa shape index (κ2) is 7.78. The highest BCUT2D eigenvalue weighted by atomic mass is 32.2. The van der Waals surface area contributed by atoms with Gasteiger partial charge < -0.3 is 18.9 Å². The highest BCUT2D eigenvalue weighted by Crippen LogP contribution is 2.32. The minimum Gasteiger partial charge on any atom is -0.457 e. The predicted octanol–water partition coefficient (Wildman–Crippen LogP) is 1.79. The molecule has 2 aliphatic rings. The SMILES string of the molecule is O=C(OCc1ccc2c(c1)OCO2)c1cccc(S(=O)(=O)N2CCOCC2)c1. The summed E-state index contributed by atoms with van der Waals surface area (Å²) in [6.07, 6.45) is 0. The molecular weight excluding hydrogens is 386 g/mol. The molecule has 0 spiro atoms. The van der Waals surface area contributed by atoms with E-state index in [1.807, 2.05) is 0 Å². The zero-order valence-corrected chi connectivity index (χ0v) is 15.8. The van der Waals surface area contributed by atoms with Gasteiger partial charge in [0.15, 0.2) is 11.5 Å². The van der Waals surface area contributed by atoms with E-state index >= 15 is 0 Å². The smallest absolute Gasteiger partial charge is 0.338 e. The van der Waals surface area contributed by atoms with E-state index in [0.29, 0.717) is 37.8 Å². The molecule has 28 heavy (non-hydrogen) atoms. The molecule has 0 aliphatic carbocycles. The largest absolute Gasteiger partial charge is 0.457 e. The van der Waals surface area contributed by atoms with Crippen LogP contribution in [0.4, 0.5) is 0 Å². The van der Waals surface area contributed by atoms with Gasteiger partial charge in [-0.05, 0) is 35.9 Å². The monoisotopic (exact) mass is 405 g/mol. The Morgan fingerprint density at radius 3 is 2.64 bits per heavy atom. The Bertz CT molecular complexity index is 984. The number of carbonyl (C=O) groups excluding carboxylic acids is 1. The average Bonchev–Trinajstić information content (AvgIpc) is 3.20. The lowest BCUT2D eigenvalue weighted by Gasteiger charge is -2.26. The predicted molar refractivity (Wildman–Crippen MR) is 97.7 cm³/mol. The molecule has 1 saturated heterocycles. The van der Waals surface area contributed by atoms with Gasteiger partial charge in [-0.25, -0.2) is 13.2 Å². The number of benzene rings is 2. The first-order valence-electron chi connectivity index (χ1n) is 8.78. The van der Waals surface area contributed by atoms with E-state index in [4.69, 9.17) is 18.9 Å². The van der Waals surface area contributed by atoms with Gasteiger partial charge >= 0.3 is 5.97 Å². The molecule has 0 atom stereocenters. The minimum atomic E-state index is -3.68. The van der Waals surface area contributed by atoms with Crippen molar-refractivity contribution in [3.63, 3.8) is 0 Å². The molecule has 0 unspecified atom stereocenters. The van der Waals surface area contributed by atoms with E-state index in [2.05, 4.69) is 0 Å². The third-order valence-electron chi connectivity index (χ3n) is 4.48. The molecule has 1 fully saturated rings. The maximum atomic E-state index is 12.7. The van der Waals surface area contributed by atoms with E-state index in [1.165, 1.54) is 28.6 Å². The lowest BCUT2D eigenvalue weighted by molar-refractivity contribution is 0.0472. The van der Waals surface area contributed by atoms with E-state index < -0.39 is 16.0 Å². The lowest BCUT2D eigenvalue weighted by atomic mass is 10.2. The van der Waals surface area contributed by atoms with Gasteiger partial charge in [0, 0.05) is 13.1 Å². The second-order valence-electron chi connectivity index (χ2n) is 6.31. The Hall–Kier alpha value is -2.62. The van der Waals surface area contributed by atoms with Gasteiger partial charge in [-0.15, -0.1) is 0 Å². The van der Waals surface area contributed by atoms with Crippen LogP contribution in [0.5, 0.6) is 11.5 Å². The highest BCUT2D eigenvalue weighted by Gasteiger charge is 2.27. The Balaban J connectivity index is 1.45. The molecule has 0 saturated carbocycles. The number of hydrogen-bond acceptors (Lipinski definition) is 7. The number of rotatable bonds is 5. The molecule has 2 aliphatic heterocycles. The molecule has 0 aromatic heterocycles. The van der Waals surface area contributed by atoms with Gasteiger partial charge in [0.25, 0.3) is 0 Å². The first-order chi connectivity index (χ1) is 13.5. The van der Waals surface area contributed by atoms with Gasteiger partial charge in [-0.3, -0.25) is 0 Å². The highest BCUT2D eigenvalue weighted by molar-refractivity contribution is 7.89. The van der Waals surface area contributed by atoms with Crippen LogP contribution in [0.1, 0.15) is 15.9 Å². The average molecular weight is 405 g/mol. The van der Waals surface area contributed by atoms with Crippen LogP contribution >= 0.6 is 0 Å². The lowest BCUT2D eigenvalue weighted by Crippen LogP contribution is -2.40. The summed E-state index contributed by atoms with van der Waals surface area (Å²) < 4.78 is 47.9. The molecule has 148 valence electrons. The summed E-state index contributed by atoms with van der Waals surface area (Å²) in [4.78, 5) is 12.5. The summed E-state index contributed by atoms with van der Waals surface area (Å²) in [5.74, 6) is 0.653. The topological polar surface area (TPSA) is 91.4 Å². The number of fused-ring (bicyclic) bond motifs is 1. The molecule has 0 amide bonds. The van der Waals surface area contributed by atoms with Crippen molar-refractivity contribution in [2.45, 2.75) is 11.5 Å². The Kier molecular flexibility index (Phi) is 5.21. The summed E-state index contributed by atoms with van der Waals surface area (Å²) >= 11 is 0. The number of ether oxygens (including phenoxy) is 4. The normalized spacial score (nSPS) is 16.7. The summed E-state index contributed by atoms with van der Waals surface area (Å²) in [5.41, 5.74) is 0.921. The fraction of sp³-hybridized carbons (Fsp3) is 0.316. The van der Waals surface area contributed by atoms with E-state index in [-0.39, 0.29) is 23.9 Å². The summed E-state index contributed by atoms with van der Waals surface area (Å²) in [6.45, 7) is 1.51. The second-order valence-corrected chi connectivity index (χ2v) is 8.25. The molecule has 4 rings (SSSR count). The third-order valence-corrected chi connectivity index (χ3v) is 6.38. The molecule has 2 aromatic carbocycles. The van der Waals surface area contributed by atoms with Crippen LogP contribution in [-0.4, -0.2) is 51.8 Å². The molecule has 8 nitrogen and oxygen atoms in total. The number of nitrogens with zero attached hydrogens (tertiary/aromatic N) is 1. The summed E-state index contributed by atoms with van der Waals surface area (Å²) in [6, 6.07) is 11.1. The van der Waals surface area contributed by atoms with Crippen LogP contribution in [0.15, 0.2) is 47.4 Å². The van der Waals surface area contributed by atoms with Gasteiger partial charge in [0.2, 0.25) is 16.8 Å².